The second-order valence-corrected chi connectivity index (χ2v) is 3.71. The maximum absolute atomic E-state index is 9.10. The van der Waals surface area contributed by atoms with E-state index >= 15 is 0 Å². The summed E-state index contributed by atoms with van der Waals surface area (Å²) in [6, 6.07) is 0.181. The minimum atomic E-state index is -0.240. The zero-order valence-corrected chi connectivity index (χ0v) is 10.0. The van der Waals surface area contributed by atoms with Crippen LogP contribution in [-0.2, 0) is 4.74 Å². The molecule has 1 atom stereocenters. The van der Waals surface area contributed by atoms with Crippen molar-refractivity contribution in [3.63, 3.8) is 0 Å². The molecule has 1 aromatic rings. The van der Waals surface area contributed by atoms with E-state index in [2.05, 4.69) is 20.4 Å². The molecule has 2 heterocycles. The number of hydrogen-bond donors (Lipinski definition) is 3. The van der Waals surface area contributed by atoms with E-state index in [1.54, 1.807) is 0 Å². The van der Waals surface area contributed by atoms with Crippen molar-refractivity contribution in [2.75, 3.05) is 43.7 Å². The molecular formula is C9H16N6O3. The fraction of sp³-hybridized carbons (Fsp3) is 0.667. The SMILES string of the molecule is COc1nc(NN)nc(N2CCOC(CO)C2)n1. The molecule has 1 saturated heterocycles. The Balaban J connectivity index is 2.20. The molecule has 0 saturated carbocycles. The number of aliphatic hydroxyl groups excluding tert-OH is 1. The Labute approximate surface area is 104 Å². The van der Waals surface area contributed by atoms with Crippen molar-refractivity contribution >= 4 is 11.9 Å². The number of nitrogen functional groups attached to an aromatic ring is 1. The van der Waals surface area contributed by atoms with Gasteiger partial charge in [0.05, 0.1) is 26.4 Å². The first kappa shape index (κ1) is 12.7. The molecule has 0 aliphatic carbocycles. The Morgan fingerprint density at radius 3 is 3.06 bits per heavy atom. The van der Waals surface area contributed by atoms with Gasteiger partial charge in [-0.05, 0) is 0 Å². The van der Waals surface area contributed by atoms with Gasteiger partial charge in [-0.3, -0.25) is 5.43 Å². The molecule has 1 aliphatic rings. The number of anilines is 2. The van der Waals surface area contributed by atoms with Crippen LogP contribution in [0.4, 0.5) is 11.9 Å². The third kappa shape index (κ3) is 2.75. The Hall–Kier alpha value is -1.71. The quantitative estimate of drug-likeness (QED) is 0.430. The number of nitrogens with zero attached hydrogens (tertiary/aromatic N) is 4. The van der Waals surface area contributed by atoms with E-state index in [4.69, 9.17) is 20.4 Å². The summed E-state index contributed by atoms with van der Waals surface area (Å²) in [5.41, 5.74) is 2.36. The molecule has 1 fully saturated rings. The van der Waals surface area contributed by atoms with Crippen LogP contribution in [0.3, 0.4) is 0 Å². The number of hydrazine groups is 1. The van der Waals surface area contributed by atoms with E-state index in [1.165, 1.54) is 7.11 Å². The number of methoxy groups -OCH3 is 1. The van der Waals surface area contributed by atoms with Gasteiger partial charge in [0.2, 0.25) is 11.9 Å². The average molecular weight is 256 g/mol. The molecule has 100 valence electrons. The largest absolute Gasteiger partial charge is 0.467 e. The van der Waals surface area contributed by atoms with Crippen LogP contribution in [0.15, 0.2) is 0 Å². The maximum Gasteiger partial charge on any atom is 0.322 e. The predicted molar refractivity (Wildman–Crippen MR) is 63.2 cm³/mol. The van der Waals surface area contributed by atoms with E-state index in [9.17, 15) is 0 Å². The number of ether oxygens (including phenoxy) is 2. The van der Waals surface area contributed by atoms with Crippen LogP contribution >= 0.6 is 0 Å². The lowest BCUT2D eigenvalue weighted by molar-refractivity contribution is 0.00311. The maximum atomic E-state index is 9.10. The lowest BCUT2D eigenvalue weighted by Gasteiger charge is -2.31. The second-order valence-electron chi connectivity index (χ2n) is 3.71. The monoisotopic (exact) mass is 256 g/mol. The molecular weight excluding hydrogens is 240 g/mol. The highest BCUT2D eigenvalue weighted by molar-refractivity contribution is 5.38. The Bertz CT molecular complexity index is 382. The molecule has 2 rings (SSSR count). The van der Waals surface area contributed by atoms with Crippen molar-refractivity contribution in [3.05, 3.63) is 0 Å². The molecule has 1 aliphatic heterocycles. The van der Waals surface area contributed by atoms with Crippen LogP contribution in [-0.4, -0.2) is 59.6 Å². The first-order valence-electron chi connectivity index (χ1n) is 5.51. The number of rotatable bonds is 4. The predicted octanol–water partition coefficient (Wildman–Crippen LogP) is -1.64. The van der Waals surface area contributed by atoms with Crippen LogP contribution in [0, 0.1) is 0 Å². The smallest absolute Gasteiger partial charge is 0.322 e. The summed E-state index contributed by atoms with van der Waals surface area (Å²) in [7, 11) is 1.47. The molecule has 9 heteroatoms. The number of nitrogens with two attached hydrogens (primary N) is 1. The normalized spacial score (nSPS) is 19.7. The van der Waals surface area contributed by atoms with E-state index in [0.717, 1.165) is 0 Å². The fourth-order valence-corrected chi connectivity index (χ4v) is 1.65. The standard InChI is InChI=1S/C9H16N6O3/c1-17-9-12-7(14-10)11-8(13-9)15-2-3-18-6(4-15)5-16/h6,16H,2-5,10H2,1H3,(H,11,12,13,14). The van der Waals surface area contributed by atoms with Crippen molar-refractivity contribution < 1.29 is 14.6 Å². The molecule has 9 nitrogen and oxygen atoms in total. The van der Waals surface area contributed by atoms with Gasteiger partial charge in [-0.2, -0.15) is 15.0 Å². The number of aliphatic hydroxyl groups is 1. The molecule has 4 N–H and O–H groups in total. The summed E-state index contributed by atoms with van der Waals surface area (Å²) < 4.78 is 10.3. The summed E-state index contributed by atoms with van der Waals surface area (Å²) in [5.74, 6) is 5.95. The highest BCUT2D eigenvalue weighted by Crippen LogP contribution is 2.17. The van der Waals surface area contributed by atoms with Crippen LogP contribution in [0.5, 0.6) is 6.01 Å². The van der Waals surface area contributed by atoms with Gasteiger partial charge in [0.25, 0.3) is 0 Å². The van der Waals surface area contributed by atoms with Gasteiger partial charge in [-0.1, -0.05) is 0 Å². The molecule has 1 aromatic heterocycles. The van der Waals surface area contributed by atoms with Crippen molar-refractivity contribution in [1.29, 1.82) is 0 Å². The van der Waals surface area contributed by atoms with Crippen molar-refractivity contribution in [2.45, 2.75) is 6.10 Å². The summed E-state index contributed by atoms with van der Waals surface area (Å²) in [6.07, 6.45) is -0.240. The molecule has 0 amide bonds. The van der Waals surface area contributed by atoms with Crippen molar-refractivity contribution in [2.24, 2.45) is 5.84 Å². The second kappa shape index (κ2) is 5.76. The highest BCUT2D eigenvalue weighted by atomic mass is 16.5. The van der Waals surface area contributed by atoms with Gasteiger partial charge in [-0.25, -0.2) is 5.84 Å². The lowest BCUT2D eigenvalue weighted by Crippen LogP contribution is -2.45. The average Bonchev–Trinajstić information content (AvgIpc) is 2.46. The van der Waals surface area contributed by atoms with Crippen LogP contribution in [0.25, 0.3) is 0 Å². The van der Waals surface area contributed by atoms with Crippen LogP contribution < -0.4 is 20.9 Å². The lowest BCUT2D eigenvalue weighted by atomic mass is 10.3. The van der Waals surface area contributed by atoms with Crippen LogP contribution in [0.2, 0.25) is 0 Å². The summed E-state index contributed by atoms with van der Waals surface area (Å²) in [5, 5.41) is 9.10. The molecule has 18 heavy (non-hydrogen) atoms. The number of nitrogens with one attached hydrogen (secondary N) is 1. The molecule has 0 radical (unpaired) electrons. The third-order valence-corrected chi connectivity index (χ3v) is 2.54. The molecule has 0 spiro atoms. The summed E-state index contributed by atoms with van der Waals surface area (Å²) in [4.78, 5) is 14.1. The third-order valence-electron chi connectivity index (χ3n) is 2.54. The first-order chi connectivity index (χ1) is 8.76. The zero-order chi connectivity index (χ0) is 13.0. The summed E-state index contributed by atoms with van der Waals surface area (Å²) in [6.45, 7) is 1.60. The van der Waals surface area contributed by atoms with Gasteiger partial charge >= 0.3 is 6.01 Å². The Kier molecular flexibility index (Phi) is 4.07. The van der Waals surface area contributed by atoms with E-state index in [-0.39, 0.29) is 24.7 Å². The number of aromatic nitrogens is 3. The van der Waals surface area contributed by atoms with E-state index in [1.807, 2.05) is 4.90 Å². The fourth-order valence-electron chi connectivity index (χ4n) is 1.65. The van der Waals surface area contributed by atoms with Crippen LogP contribution in [0.1, 0.15) is 0 Å². The van der Waals surface area contributed by atoms with E-state index in [0.29, 0.717) is 25.6 Å². The molecule has 1 unspecified atom stereocenters. The van der Waals surface area contributed by atoms with E-state index < -0.39 is 0 Å². The van der Waals surface area contributed by atoms with Gasteiger partial charge in [0, 0.05) is 13.1 Å². The minimum absolute atomic E-state index is 0.0410. The number of morpholine rings is 1. The Morgan fingerprint density at radius 1 is 1.56 bits per heavy atom. The molecule has 0 bridgehead atoms. The van der Waals surface area contributed by atoms with Crippen molar-refractivity contribution in [1.82, 2.24) is 15.0 Å². The molecule has 0 aromatic carbocycles. The van der Waals surface area contributed by atoms with Gasteiger partial charge < -0.3 is 19.5 Å². The van der Waals surface area contributed by atoms with Gasteiger partial charge in [0.1, 0.15) is 0 Å². The highest BCUT2D eigenvalue weighted by Gasteiger charge is 2.22. The zero-order valence-electron chi connectivity index (χ0n) is 10.0. The minimum Gasteiger partial charge on any atom is -0.467 e. The van der Waals surface area contributed by atoms with Crippen molar-refractivity contribution in [3.8, 4) is 6.01 Å². The Morgan fingerprint density at radius 2 is 2.39 bits per heavy atom. The first-order valence-corrected chi connectivity index (χ1v) is 5.51. The topological polar surface area (TPSA) is 119 Å². The number of hydrogen-bond acceptors (Lipinski definition) is 9. The van der Waals surface area contributed by atoms with Gasteiger partial charge in [0.15, 0.2) is 0 Å². The van der Waals surface area contributed by atoms with Gasteiger partial charge in [-0.15, -0.1) is 0 Å². The summed E-state index contributed by atoms with van der Waals surface area (Å²) >= 11 is 0.